The van der Waals surface area contributed by atoms with Gasteiger partial charge in [-0.25, -0.2) is 8.42 Å². The summed E-state index contributed by atoms with van der Waals surface area (Å²) in [7, 11) is -3.37. The van der Waals surface area contributed by atoms with E-state index in [9.17, 15) is 13.2 Å². The van der Waals surface area contributed by atoms with Crippen LogP contribution in [0.3, 0.4) is 0 Å². The third-order valence-corrected chi connectivity index (χ3v) is 6.81. The fraction of sp³-hybridized carbons (Fsp3) is 0.476. The number of hydrogen-bond acceptors (Lipinski definition) is 4. The minimum Gasteiger partial charge on any atom is -0.464 e. The molecule has 2 fully saturated rings. The number of rotatable bonds is 6. The van der Waals surface area contributed by atoms with Gasteiger partial charge in [0.15, 0.2) is 9.84 Å². The van der Waals surface area contributed by atoms with Crippen molar-refractivity contribution < 1.29 is 17.6 Å². The zero-order chi connectivity index (χ0) is 19.3. The van der Waals surface area contributed by atoms with Gasteiger partial charge in [-0.05, 0) is 61.9 Å². The summed E-state index contributed by atoms with van der Waals surface area (Å²) in [6.07, 6.45) is 4.29. The highest BCUT2D eigenvalue weighted by Gasteiger charge is 2.38. The molecule has 2 saturated carbocycles. The molecule has 0 N–H and O–H groups in total. The molecular formula is C21H25NO4S. The number of nitrogens with zero attached hydrogens (tertiary/aromatic N) is 1. The number of sulfone groups is 1. The van der Waals surface area contributed by atoms with Gasteiger partial charge in [0.1, 0.15) is 11.5 Å². The van der Waals surface area contributed by atoms with Crippen molar-refractivity contribution in [2.24, 2.45) is 5.92 Å². The Morgan fingerprint density at radius 2 is 1.93 bits per heavy atom. The first-order valence-corrected chi connectivity index (χ1v) is 11.3. The van der Waals surface area contributed by atoms with E-state index in [2.05, 4.69) is 6.92 Å². The highest BCUT2D eigenvalue weighted by Crippen LogP contribution is 2.47. The second-order valence-electron chi connectivity index (χ2n) is 8.04. The molecule has 0 bridgehead atoms. The van der Waals surface area contributed by atoms with Gasteiger partial charge < -0.3 is 9.32 Å². The summed E-state index contributed by atoms with van der Waals surface area (Å²) in [6, 6.07) is 9.10. The zero-order valence-electron chi connectivity index (χ0n) is 15.9. The topological polar surface area (TPSA) is 67.6 Å². The summed E-state index contributed by atoms with van der Waals surface area (Å²) < 4.78 is 30.0. The molecule has 5 nitrogen and oxygen atoms in total. The summed E-state index contributed by atoms with van der Waals surface area (Å²) in [5.74, 6) is 2.85. The zero-order valence-corrected chi connectivity index (χ0v) is 16.8. The first-order valence-electron chi connectivity index (χ1n) is 9.44. The fourth-order valence-electron chi connectivity index (χ4n) is 3.62. The van der Waals surface area contributed by atoms with Crippen molar-refractivity contribution in [2.75, 3.05) is 6.26 Å². The van der Waals surface area contributed by atoms with Crippen molar-refractivity contribution in [2.45, 2.75) is 56.5 Å². The second kappa shape index (κ2) is 6.51. The smallest absolute Gasteiger partial charge is 0.254 e. The Bertz CT molecular complexity index is 987. The quantitative estimate of drug-likeness (QED) is 0.753. The third-order valence-electron chi connectivity index (χ3n) is 5.57. The maximum Gasteiger partial charge on any atom is 0.254 e. The Morgan fingerprint density at radius 1 is 1.22 bits per heavy atom. The minimum absolute atomic E-state index is 0.139. The van der Waals surface area contributed by atoms with Gasteiger partial charge in [-0.1, -0.05) is 13.0 Å². The average molecular weight is 388 g/mol. The van der Waals surface area contributed by atoms with E-state index in [1.807, 2.05) is 17.0 Å². The Morgan fingerprint density at radius 3 is 2.52 bits per heavy atom. The number of aryl methyl sites for hydroxylation is 1. The predicted octanol–water partition coefficient (Wildman–Crippen LogP) is 3.92. The molecule has 4 rings (SSSR count). The molecule has 144 valence electrons. The number of benzene rings is 1. The first-order chi connectivity index (χ1) is 12.7. The van der Waals surface area contributed by atoms with Crippen LogP contribution in [0, 0.1) is 12.8 Å². The summed E-state index contributed by atoms with van der Waals surface area (Å²) in [6.45, 7) is 4.38. The maximum atomic E-state index is 13.1. The fourth-order valence-corrected chi connectivity index (χ4v) is 4.61. The lowest BCUT2D eigenvalue weighted by Crippen LogP contribution is -2.32. The Balaban J connectivity index is 1.57. The van der Waals surface area contributed by atoms with E-state index in [1.165, 1.54) is 12.3 Å². The third kappa shape index (κ3) is 3.81. The molecule has 2 aliphatic rings. The molecule has 27 heavy (non-hydrogen) atoms. The SMILES string of the molecule is Cc1ccc(C(=O)N(Cc2ccc([C@@H]3C[C@H]3C)o2)C2CC2)cc1S(C)(=O)=O. The van der Waals surface area contributed by atoms with Gasteiger partial charge in [-0.2, -0.15) is 0 Å². The van der Waals surface area contributed by atoms with Crippen LogP contribution in [0.25, 0.3) is 0 Å². The lowest BCUT2D eigenvalue weighted by Gasteiger charge is -2.22. The molecule has 0 saturated heterocycles. The van der Waals surface area contributed by atoms with Crippen molar-refractivity contribution in [3.05, 3.63) is 53.0 Å². The first kappa shape index (κ1) is 18.3. The van der Waals surface area contributed by atoms with Crippen LogP contribution in [0.15, 0.2) is 39.6 Å². The van der Waals surface area contributed by atoms with E-state index < -0.39 is 9.84 Å². The Kier molecular flexibility index (Phi) is 4.41. The van der Waals surface area contributed by atoms with Crippen molar-refractivity contribution in [1.29, 1.82) is 0 Å². The van der Waals surface area contributed by atoms with Crippen LogP contribution in [0.1, 0.15) is 59.5 Å². The largest absolute Gasteiger partial charge is 0.464 e. The number of carbonyl (C=O) groups excluding carboxylic acids is 1. The van der Waals surface area contributed by atoms with Crippen LogP contribution in [-0.4, -0.2) is 31.5 Å². The summed E-state index contributed by atoms with van der Waals surface area (Å²) in [5, 5.41) is 0. The van der Waals surface area contributed by atoms with Crippen molar-refractivity contribution >= 4 is 15.7 Å². The molecule has 2 aliphatic carbocycles. The molecule has 2 aromatic rings. The van der Waals surface area contributed by atoms with E-state index in [0.717, 1.165) is 30.8 Å². The number of hydrogen-bond donors (Lipinski definition) is 0. The van der Waals surface area contributed by atoms with Crippen molar-refractivity contribution in [1.82, 2.24) is 4.90 Å². The van der Waals surface area contributed by atoms with Crippen LogP contribution < -0.4 is 0 Å². The van der Waals surface area contributed by atoms with E-state index >= 15 is 0 Å². The predicted molar refractivity (Wildman–Crippen MR) is 102 cm³/mol. The van der Waals surface area contributed by atoms with E-state index in [-0.39, 0.29) is 16.8 Å². The van der Waals surface area contributed by atoms with Crippen molar-refractivity contribution in [3.63, 3.8) is 0 Å². The molecule has 1 heterocycles. The molecule has 1 aromatic heterocycles. The van der Waals surface area contributed by atoms with Crippen LogP contribution >= 0.6 is 0 Å². The van der Waals surface area contributed by atoms with Gasteiger partial charge in [0.05, 0.1) is 11.4 Å². The van der Waals surface area contributed by atoms with Crippen LogP contribution in [-0.2, 0) is 16.4 Å². The molecule has 0 aliphatic heterocycles. The normalized spacial score (nSPS) is 21.9. The van der Waals surface area contributed by atoms with Gasteiger partial charge in [-0.3, -0.25) is 4.79 Å². The monoisotopic (exact) mass is 387 g/mol. The van der Waals surface area contributed by atoms with Gasteiger partial charge in [0, 0.05) is 23.8 Å². The minimum atomic E-state index is -3.37. The van der Waals surface area contributed by atoms with Crippen LogP contribution in [0.4, 0.5) is 0 Å². The van der Waals surface area contributed by atoms with E-state index in [4.69, 9.17) is 4.42 Å². The number of furan rings is 1. The molecule has 2 atom stereocenters. The van der Waals surface area contributed by atoms with Gasteiger partial charge in [-0.15, -0.1) is 0 Å². The average Bonchev–Trinajstić information content (AvgIpc) is 3.52. The van der Waals surface area contributed by atoms with Crippen LogP contribution in [0.2, 0.25) is 0 Å². The van der Waals surface area contributed by atoms with E-state index in [0.29, 0.717) is 29.5 Å². The molecule has 0 radical (unpaired) electrons. The maximum absolute atomic E-state index is 13.1. The summed E-state index contributed by atoms with van der Waals surface area (Å²) in [4.78, 5) is 15.1. The standard InChI is InChI=1S/C21H25NO4S/c1-13-4-5-15(11-20(13)27(3,24)25)21(23)22(16-6-7-16)12-17-8-9-19(26-17)18-10-14(18)2/h4-5,8-9,11,14,16,18H,6-7,10,12H2,1-3H3/t14-,18-/m1/s1. The van der Waals surface area contributed by atoms with Crippen molar-refractivity contribution in [3.8, 4) is 0 Å². The lowest BCUT2D eigenvalue weighted by molar-refractivity contribution is 0.0716. The molecule has 1 amide bonds. The van der Waals surface area contributed by atoms with Crippen LogP contribution in [0.5, 0.6) is 0 Å². The summed E-state index contributed by atoms with van der Waals surface area (Å²) in [5.41, 5.74) is 1.07. The molecule has 0 spiro atoms. The van der Waals surface area contributed by atoms with E-state index in [1.54, 1.807) is 19.1 Å². The highest BCUT2D eigenvalue weighted by atomic mass is 32.2. The molecule has 6 heteroatoms. The summed E-state index contributed by atoms with van der Waals surface area (Å²) >= 11 is 0. The molecular weight excluding hydrogens is 362 g/mol. The number of carbonyl (C=O) groups is 1. The Labute approximate surface area is 160 Å². The number of amides is 1. The Hall–Kier alpha value is -2.08. The molecule has 1 aromatic carbocycles. The lowest BCUT2D eigenvalue weighted by atomic mass is 10.1. The van der Waals surface area contributed by atoms with Gasteiger partial charge in [0.2, 0.25) is 0 Å². The highest BCUT2D eigenvalue weighted by molar-refractivity contribution is 7.90. The molecule has 0 unspecified atom stereocenters. The van der Waals surface area contributed by atoms with Gasteiger partial charge in [0.25, 0.3) is 5.91 Å². The van der Waals surface area contributed by atoms with Gasteiger partial charge >= 0.3 is 0 Å². The second-order valence-corrected chi connectivity index (χ2v) is 10.0.